The molecule has 0 aliphatic rings. The standard InChI is InChI=1S/C10H4F3I2N/c11-10(12,13)8-4-7(15)5-2-1-3-6(14)9(5)16-8/h1-4H. The molecule has 0 atom stereocenters. The van der Waals surface area contributed by atoms with Crippen LogP contribution in [0.15, 0.2) is 24.3 Å². The van der Waals surface area contributed by atoms with Crippen molar-refractivity contribution in [1.82, 2.24) is 4.98 Å². The Kier molecular flexibility index (Phi) is 3.30. The summed E-state index contributed by atoms with van der Waals surface area (Å²) < 4.78 is 39.0. The third-order valence-corrected chi connectivity index (χ3v) is 3.79. The van der Waals surface area contributed by atoms with Crippen molar-refractivity contribution in [3.63, 3.8) is 0 Å². The van der Waals surface area contributed by atoms with Crippen LogP contribution in [0.5, 0.6) is 0 Å². The van der Waals surface area contributed by atoms with E-state index in [1.54, 1.807) is 18.2 Å². The maximum atomic E-state index is 12.6. The van der Waals surface area contributed by atoms with Gasteiger partial charge in [-0.2, -0.15) is 13.2 Å². The Morgan fingerprint density at radius 3 is 2.38 bits per heavy atom. The summed E-state index contributed by atoms with van der Waals surface area (Å²) in [6.07, 6.45) is -4.40. The van der Waals surface area contributed by atoms with Crippen LogP contribution in [-0.2, 0) is 6.18 Å². The van der Waals surface area contributed by atoms with Crippen molar-refractivity contribution in [3.8, 4) is 0 Å². The number of pyridine rings is 1. The third-order valence-electron chi connectivity index (χ3n) is 2.03. The predicted molar refractivity (Wildman–Crippen MR) is 72.2 cm³/mol. The summed E-state index contributed by atoms with van der Waals surface area (Å²) in [5.41, 5.74) is -0.434. The van der Waals surface area contributed by atoms with Gasteiger partial charge in [-0.05, 0) is 57.3 Å². The van der Waals surface area contributed by atoms with Gasteiger partial charge in [-0.25, -0.2) is 4.98 Å². The zero-order valence-electron chi connectivity index (χ0n) is 7.65. The van der Waals surface area contributed by atoms with E-state index in [1.807, 2.05) is 45.2 Å². The molecule has 1 heterocycles. The van der Waals surface area contributed by atoms with Gasteiger partial charge in [0, 0.05) is 12.5 Å². The van der Waals surface area contributed by atoms with Gasteiger partial charge in [-0.3, -0.25) is 0 Å². The lowest BCUT2D eigenvalue weighted by Crippen LogP contribution is -2.08. The Morgan fingerprint density at radius 1 is 1.06 bits per heavy atom. The first-order chi connectivity index (χ1) is 7.39. The normalized spacial score (nSPS) is 12.1. The fraction of sp³-hybridized carbons (Fsp3) is 0.100. The minimum atomic E-state index is -4.40. The number of para-hydroxylation sites is 1. The molecule has 0 saturated carbocycles. The first kappa shape index (κ1) is 12.3. The van der Waals surface area contributed by atoms with Gasteiger partial charge in [0.25, 0.3) is 0 Å². The van der Waals surface area contributed by atoms with E-state index in [4.69, 9.17) is 0 Å². The van der Waals surface area contributed by atoms with Gasteiger partial charge in [0.05, 0.1) is 5.52 Å². The average molecular weight is 449 g/mol. The summed E-state index contributed by atoms with van der Waals surface area (Å²) in [5.74, 6) is 0. The fourth-order valence-electron chi connectivity index (χ4n) is 1.32. The molecule has 0 fully saturated rings. The lowest BCUT2D eigenvalue weighted by atomic mass is 10.2. The maximum Gasteiger partial charge on any atom is 0.433 e. The predicted octanol–water partition coefficient (Wildman–Crippen LogP) is 4.46. The highest BCUT2D eigenvalue weighted by molar-refractivity contribution is 14.1. The highest BCUT2D eigenvalue weighted by Crippen LogP contribution is 2.32. The summed E-state index contributed by atoms with van der Waals surface area (Å²) in [6.45, 7) is 0. The molecule has 1 aromatic heterocycles. The number of hydrogen-bond acceptors (Lipinski definition) is 1. The molecule has 0 aliphatic carbocycles. The number of nitrogens with zero attached hydrogens (tertiary/aromatic N) is 1. The van der Waals surface area contributed by atoms with E-state index in [-0.39, 0.29) is 0 Å². The van der Waals surface area contributed by atoms with Gasteiger partial charge in [0.15, 0.2) is 0 Å². The molecule has 84 valence electrons. The van der Waals surface area contributed by atoms with Crippen LogP contribution < -0.4 is 0 Å². The molecule has 2 rings (SSSR count). The lowest BCUT2D eigenvalue weighted by Gasteiger charge is -2.09. The molecule has 0 aliphatic heterocycles. The molecular formula is C10H4F3I2N. The minimum absolute atomic E-state index is 0.405. The number of fused-ring (bicyclic) bond motifs is 1. The van der Waals surface area contributed by atoms with Gasteiger partial charge in [-0.1, -0.05) is 12.1 Å². The Morgan fingerprint density at radius 2 is 1.75 bits per heavy atom. The molecule has 0 bridgehead atoms. The molecule has 0 amide bonds. The second kappa shape index (κ2) is 4.28. The van der Waals surface area contributed by atoms with Crippen molar-refractivity contribution in [2.24, 2.45) is 0 Å². The SMILES string of the molecule is FC(F)(F)c1cc(I)c2cccc(I)c2n1. The molecule has 2 aromatic rings. The monoisotopic (exact) mass is 449 g/mol. The molecule has 6 heteroatoms. The van der Waals surface area contributed by atoms with Crippen LogP contribution >= 0.6 is 45.2 Å². The van der Waals surface area contributed by atoms with Crippen molar-refractivity contribution in [3.05, 3.63) is 37.1 Å². The van der Waals surface area contributed by atoms with Gasteiger partial charge in [0.1, 0.15) is 5.69 Å². The summed E-state index contributed by atoms with van der Waals surface area (Å²) in [6, 6.07) is 6.39. The first-order valence-corrected chi connectivity index (χ1v) is 6.37. The zero-order chi connectivity index (χ0) is 11.9. The molecule has 0 saturated heterocycles. The van der Waals surface area contributed by atoms with Gasteiger partial charge in [-0.15, -0.1) is 0 Å². The van der Waals surface area contributed by atoms with Crippen LogP contribution in [0.1, 0.15) is 5.69 Å². The Labute approximate surface area is 117 Å². The molecule has 0 spiro atoms. The van der Waals surface area contributed by atoms with E-state index in [0.717, 1.165) is 15.0 Å². The van der Waals surface area contributed by atoms with Gasteiger partial charge >= 0.3 is 6.18 Å². The van der Waals surface area contributed by atoms with E-state index in [1.165, 1.54) is 0 Å². The molecule has 0 unspecified atom stereocenters. The summed E-state index contributed by atoms with van der Waals surface area (Å²) in [5, 5.41) is 0.750. The minimum Gasteiger partial charge on any atom is -0.242 e. The van der Waals surface area contributed by atoms with Crippen molar-refractivity contribution in [2.75, 3.05) is 0 Å². The second-order valence-electron chi connectivity index (χ2n) is 3.12. The summed E-state index contributed by atoms with van der Waals surface area (Å²) in [7, 11) is 0. The topological polar surface area (TPSA) is 12.9 Å². The van der Waals surface area contributed by atoms with Crippen molar-refractivity contribution in [1.29, 1.82) is 0 Å². The Balaban J connectivity index is 2.81. The molecule has 0 radical (unpaired) electrons. The smallest absolute Gasteiger partial charge is 0.242 e. The average Bonchev–Trinajstić information content (AvgIpc) is 2.18. The first-order valence-electron chi connectivity index (χ1n) is 4.21. The number of aromatic nitrogens is 1. The van der Waals surface area contributed by atoms with Crippen molar-refractivity contribution in [2.45, 2.75) is 6.18 Å². The van der Waals surface area contributed by atoms with Crippen LogP contribution in [0.3, 0.4) is 0 Å². The highest BCUT2D eigenvalue weighted by atomic mass is 127. The quantitative estimate of drug-likeness (QED) is 0.542. The number of halogens is 5. The number of benzene rings is 1. The third kappa shape index (κ3) is 2.27. The van der Waals surface area contributed by atoms with E-state index in [9.17, 15) is 13.2 Å². The summed E-state index contributed by atoms with van der Waals surface area (Å²) in [4.78, 5) is 3.67. The number of rotatable bonds is 0. The van der Waals surface area contributed by atoms with E-state index >= 15 is 0 Å². The Hall–Kier alpha value is -0.120. The second-order valence-corrected chi connectivity index (χ2v) is 5.45. The van der Waals surface area contributed by atoms with Gasteiger partial charge in [0.2, 0.25) is 0 Å². The zero-order valence-corrected chi connectivity index (χ0v) is 12.0. The van der Waals surface area contributed by atoms with E-state index in [0.29, 0.717) is 9.09 Å². The number of hydrogen-bond donors (Lipinski definition) is 0. The Bertz CT molecular complexity index is 551. The lowest BCUT2D eigenvalue weighted by molar-refractivity contribution is -0.141. The molecule has 1 aromatic carbocycles. The van der Waals surface area contributed by atoms with E-state index < -0.39 is 11.9 Å². The molecular weight excluding hydrogens is 445 g/mol. The van der Waals surface area contributed by atoms with Crippen LogP contribution in [0.4, 0.5) is 13.2 Å². The van der Waals surface area contributed by atoms with Crippen molar-refractivity contribution >= 4 is 56.1 Å². The molecule has 0 N–H and O–H groups in total. The van der Waals surface area contributed by atoms with Crippen LogP contribution in [0.2, 0.25) is 0 Å². The van der Waals surface area contributed by atoms with Crippen molar-refractivity contribution < 1.29 is 13.2 Å². The maximum absolute atomic E-state index is 12.6. The molecule has 16 heavy (non-hydrogen) atoms. The highest BCUT2D eigenvalue weighted by Gasteiger charge is 2.33. The van der Waals surface area contributed by atoms with E-state index in [2.05, 4.69) is 4.98 Å². The summed E-state index contributed by atoms with van der Waals surface area (Å²) >= 11 is 3.88. The van der Waals surface area contributed by atoms with Crippen LogP contribution in [-0.4, -0.2) is 4.98 Å². The fourth-order valence-corrected chi connectivity index (χ4v) is 2.67. The van der Waals surface area contributed by atoms with Gasteiger partial charge < -0.3 is 0 Å². The molecule has 1 nitrogen and oxygen atoms in total. The van der Waals surface area contributed by atoms with Crippen LogP contribution in [0, 0.1) is 7.14 Å². The largest absolute Gasteiger partial charge is 0.433 e. The number of alkyl halides is 3. The van der Waals surface area contributed by atoms with Crippen LogP contribution in [0.25, 0.3) is 10.9 Å².